The third-order valence-corrected chi connectivity index (χ3v) is 2.09. The van der Waals surface area contributed by atoms with Gasteiger partial charge in [-0.2, -0.15) is 4.98 Å². The molecule has 0 bridgehead atoms. The van der Waals surface area contributed by atoms with Gasteiger partial charge in [-0.25, -0.2) is 0 Å². The molecule has 0 saturated heterocycles. The van der Waals surface area contributed by atoms with Crippen molar-refractivity contribution in [1.29, 1.82) is 0 Å². The van der Waals surface area contributed by atoms with E-state index in [9.17, 15) is 0 Å². The van der Waals surface area contributed by atoms with Crippen LogP contribution in [0.4, 0.5) is 6.01 Å². The Morgan fingerprint density at radius 2 is 2.19 bits per heavy atom. The molecule has 0 aliphatic carbocycles. The third kappa shape index (κ3) is 2.42. The van der Waals surface area contributed by atoms with Crippen molar-refractivity contribution in [3.63, 3.8) is 0 Å². The van der Waals surface area contributed by atoms with E-state index >= 15 is 0 Å². The van der Waals surface area contributed by atoms with E-state index in [2.05, 4.69) is 15.5 Å². The lowest BCUT2D eigenvalue weighted by Crippen LogP contribution is -2.13. The van der Waals surface area contributed by atoms with Gasteiger partial charge in [0.25, 0.3) is 0 Å². The van der Waals surface area contributed by atoms with Crippen LogP contribution < -0.4 is 5.32 Å². The summed E-state index contributed by atoms with van der Waals surface area (Å²) < 4.78 is 10.3. The number of hydrogen-bond acceptors (Lipinski definition) is 5. The summed E-state index contributed by atoms with van der Waals surface area (Å²) in [6.45, 7) is 6.65. The van der Waals surface area contributed by atoms with Gasteiger partial charge in [-0.3, -0.25) is 0 Å². The van der Waals surface area contributed by atoms with Crippen LogP contribution in [0.2, 0.25) is 0 Å². The molecule has 0 radical (unpaired) electrons. The monoisotopic (exact) mass is 221 g/mol. The summed E-state index contributed by atoms with van der Waals surface area (Å²) in [5.41, 5.74) is -0.103. The maximum Gasteiger partial charge on any atom is 0.321 e. The molecule has 0 amide bonds. The molecule has 0 saturated carbocycles. The molecule has 0 aliphatic rings. The minimum atomic E-state index is -0.103. The van der Waals surface area contributed by atoms with Crippen LogP contribution in [-0.2, 0) is 12.0 Å². The van der Waals surface area contributed by atoms with Crippen molar-refractivity contribution in [2.45, 2.75) is 32.7 Å². The quantitative estimate of drug-likeness (QED) is 0.862. The van der Waals surface area contributed by atoms with E-state index in [4.69, 9.17) is 8.94 Å². The molecular formula is C11H15N3O2. The van der Waals surface area contributed by atoms with Crippen LogP contribution >= 0.6 is 0 Å². The van der Waals surface area contributed by atoms with Gasteiger partial charge in [-0.05, 0) is 12.1 Å². The average Bonchev–Trinajstić information content (AvgIpc) is 2.85. The fourth-order valence-corrected chi connectivity index (χ4v) is 1.18. The van der Waals surface area contributed by atoms with E-state index < -0.39 is 0 Å². The fourth-order valence-electron chi connectivity index (χ4n) is 1.18. The molecule has 0 fully saturated rings. The molecule has 0 aromatic carbocycles. The summed E-state index contributed by atoms with van der Waals surface area (Å²) in [6.07, 6.45) is 1.63. The molecule has 0 unspecified atom stereocenters. The Kier molecular flexibility index (Phi) is 2.68. The van der Waals surface area contributed by atoms with Crippen molar-refractivity contribution in [3.8, 4) is 0 Å². The summed E-state index contributed by atoms with van der Waals surface area (Å²) in [7, 11) is 0. The molecule has 0 aliphatic heterocycles. The molecule has 1 N–H and O–H groups in total. The van der Waals surface area contributed by atoms with E-state index in [1.54, 1.807) is 6.26 Å². The molecule has 2 rings (SSSR count). The fraction of sp³-hybridized carbons (Fsp3) is 0.455. The van der Waals surface area contributed by atoms with Crippen molar-refractivity contribution >= 4 is 6.01 Å². The van der Waals surface area contributed by atoms with Gasteiger partial charge in [-0.1, -0.05) is 25.9 Å². The van der Waals surface area contributed by atoms with Crippen LogP contribution in [0, 0.1) is 0 Å². The smallest absolute Gasteiger partial charge is 0.321 e. The summed E-state index contributed by atoms with van der Waals surface area (Å²) in [5.74, 6) is 1.52. The lowest BCUT2D eigenvalue weighted by atomic mass is 9.96. The van der Waals surface area contributed by atoms with Crippen LogP contribution in [0.25, 0.3) is 0 Å². The van der Waals surface area contributed by atoms with E-state index in [0.29, 0.717) is 18.4 Å². The Bertz CT molecular complexity index is 440. The molecular weight excluding hydrogens is 206 g/mol. The minimum Gasteiger partial charge on any atom is -0.467 e. The highest BCUT2D eigenvalue weighted by molar-refractivity contribution is 5.21. The SMILES string of the molecule is CC(C)(C)c1noc(NCc2ccco2)n1. The summed E-state index contributed by atoms with van der Waals surface area (Å²) in [6, 6.07) is 4.14. The van der Waals surface area contributed by atoms with Crippen molar-refractivity contribution < 1.29 is 8.94 Å². The van der Waals surface area contributed by atoms with Crippen LogP contribution in [0.5, 0.6) is 0 Å². The van der Waals surface area contributed by atoms with Gasteiger partial charge < -0.3 is 14.3 Å². The highest BCUT2D eigenvalue weighted by atomic mass is 16.5. The third-order valence-electron chi connectivity index (χ3n) is 2.09. The van der Waals surface area contributed by atoms with Gasteiger partial charge in [-0.15, -0.1) is 0 Å². The van der Waals surface area contributed by atoms with E-state index in [-0.39, 0.29) is 5.41 Å². The zero-order valence-corrected chi connectivity index (χ0v) is 9.65. The number of rotatable bonds is 3. The lowest BCUT2D eigenvalue weighted by Gasteiger charge is -2.10. The number of nitrogens with one attached hydrogen (secondary N) is 1. The molecule has 86 valence electrons. The van der Waals surface area contributed by atoms with Gasteiger partial charge in [0.05, 0.1) is 12.8 Å². The number of anilines is 1. The highest BCUT2D eigenvalue weighted by Crippen LogP contribution is 2.20. The predicted octanol–water partition coefficient (Wildman–Crippen LogP) is 2.57. The maximum atomic E-state index is 5.18. The molecule has 5 nitrogen and oxygen atoms in total. The molecule has 16 heavy (non-hydrogen) atoms. The maximum absolute atomic E-state index is 5.18. The molecule has 2 aromatic rings. The highest BCUT2D eigenvalue weighted by Gasteiger charge is 2.20. The second-order valence-electron chi connectivity index (χ2n) is 4.61. The number of nitrogens with zero attached hydrogens (tertiary/aromatic N) is 2. The van der Waals surface area contributed by atoms with E-state index in [0.717, 1.165) is 5.76 Å². The normalized spacial score (nSPS) is 11.7. The van der Waals surface area contributed by atoms with Crippen LogP contribution in [0.1, 0.15) is 32.4 Å². The standard InChI is InChI=1S/C11H15N3O2/c1-11(2,3)9-13-10(16-14-9)12-7-8-5-4-6-15-8/h4-6H,7H2,1-3H3,(H,12,13,14). The Morgan fingerprint density at radius 3 is 2.75 bits per heavy atom. The molecule has 2 aromatic heterocycles. The van der Waals surface area contributed by atoms with Crippen molar-refractivity contribution in [2.75, 3.05) is 5.32 Å². The Morgan fingerprint density at radius 1 is 1.38 bits per heavy atom. The zero-order chi connectivity index (χ0) is 11.6. The average molecular weight is 221 g/mol. The molecule has 2 heterocycles. The van der Waals surface area contributed by atoms with Crippen LogP contribution in [-0.4, -0.2) is 10.1 Å². The number of furan rings is 1. The summed E-state index contributed by atoms with van der Waals surface area (Å²) in [4.78, 5) is 4.25. The first kappa shape index (κ1) is 10.7. The lowest BCUT2D eigenvalue weighted by molar-refractivity contribution is 0.401. The Balaban J connectivity index is 1.98. The van der Waals surface area contributed by atoms with Gasteiger partial charge in [0.1, 0.15) is 5.76 Å². The number of hydrogen-bond donors (Lipinski definition) is 1. The predicted molar refractivity (Wildman–Crippen MR) is 59.0 cm³/mol. The largest absolute Gasteiger partial charge is 0.467 e. The van der Waals surface area contributed by atoms with Crippen LogP contribution in [0.3, 0.4) is 0 Å². The Labute approximate surface area is 93.8 Å². The minimum absolute atomic E-state index is 0.103. The summed E-state index contributed by atoms with van der Waals surface area (Å²) in [5, 5.41) is 6.91. The molecule has 5 heteroatoms. The second kappa shape index (κ2) is 4.00. The van der Waals surface area contributed by atoms with E-state index in [1.165, 1.54) is 0 Å². The molecule has 0 atom stereocenters. The number of aromatic nitrogens is 2. The second-order valence-corrected chi connectivity index (χ2v) is 4.61. The zero-order valence-electron chi connectivity index (χ0n) is 9.65. The van der Waals surface area contributed by atoms with Crippen LogP contribution in [0.15, 0.2) is 27.3 Å². The van der Waals surface area contributed by atoms with Gasteiger partial charge in [0.15, 0.2) is 5.82 Å². The summed E-state index contributed by atoms with van der Waals surface area (Å²) >= 11 is 0. The first-order valence-corrected chi connectivity index (χ1v) is 5.16. The Hall–Kier alpha value is -1.78. The van der Waals surface area contributed by atoms with E-state index in [1.807, 2.05) is 32.9 Å². The topological polar surface area (TPSA) is 64.1 Å². The van der Waals surface area contributed by atoms with Crippen molar-refractivity contribution in [2.24, 2.45) is 0 Å². The first-order chi connectivity index (χ1) is 7.55. The first-order valence-electron chi connectivity index (χ1n) is 5.16. The van der Waals surface area contributed by atoms with Crippen molar-refractivity contribution in [3.05, 3.63) is 30.0 Å². The van der Waals surface area contributed by atoms with Gasteiger partial charge in [0.2, 0.25) is 0 Å². The van der Waals surface area contributed by atoms with Crippen molar-refractivity contribution in [1.82, 2.24) is 10.1 Å². The van der Waals surface area contributed by atoms with Gasteiger partial charge >= 0.3 is 6.01 Å². The molecule has 0 spiro atoms. The van der Waals surface area contributed by atoms with Gasteiger partial charge in [0, 0.05) is 5.41 Å².